The molecule has 0 saturated heterocycles. The van der Waals surface area contributed by atoms with Crippen LogP contribution >= 0.6 is 0 Å². The molecule has 0 radical (unpaired) electrons. The van der Waals surface area contributed by atoms with E-state index in [1.165, 1.54) is 12.1 Å². The lowest BCUT2D eigenvalue weighted by Gasteiger charge is -2.20. The first-order chi connectivity index (χ1) is 6.91. The molecule has 0 aliphatic carbocycles. The average Bonchev–Trinajstić information content (AvgIpc) is 2.00. The number of hydrogen-bond donors (Lipinski definition) is 0. The van der Waals surface area contributed by atoms with Gasteiger partial charge in [0.25, 0.3) is 0 Å². The Morgan fingerprint density at radius 2 is 1.33 bits per heavy atom. The molecular weight excluding hydrogens is 204 g/mol. The topological polar surface area (TPSA) is 18.5 Å². The van der Waals surface area contributed by atoms with Crippen LogP contribution in [0.5, 0.6) is 0 Å². The number of rotatable bonds is 8. The first kappa shape index (κ1) is 15.1. The fourth-order valence-corrected chi connectivity index (χ4v) is 4.39. The van der Waals surface area contributed by atoms with Crippen LogP contribution < -0.4 is 0 Å². The van der Waals surface area contributed by atoms with Gasteiger partial charge in [-0.1, -0.05) is 27.7 Å². The fourth-order valence-electron chi connectivity index (χ4n) is 1.56. The van der Waals surface area contributed by atoms with Gasteiger partial charge in [-0.25, -0.2) is 0 Å². The summed E-state index contributed by atoms with van der Waals surface area (Å²) in [5, 5.41) is 0. The molecule has 0 amide bonds. The second kappa shape index (κ2) is 8.31. The fraction of sp³-hybridized carbons (Fsp3) is 1.00. The van der Waals surface area contributed by atoms with E-state index < -0.39 is 9.04 Å². The van der Waals surface area contributed by atoms with E-state index >= 15 is 0 Å². The summed E-state index contributed by atoms with van der Waals surface area (Å²) in [5.41, 5.74) is 0. The first-order valence-electron chi connectivity index (χ1n) is 6.15. The van der Waals surface area contributed by atoms with Crippen molar-refractivity contribution in [1.82, 2.24) is 0 Å². The Kier molecular flexibility index (Phi) is 8.38. The van der Waals surface area contributed by atoms with E-state index in [1.54, 1.807) is 0 Å². The van der Waals surface area contributed by atoms with Gasteiger partial charge in [0.15, 0.2) is 9.04 Å². The molecule has 0 aliphatic heterocycles. The van der Waals surface area contributed by atoms with Gasteiger partial charge in [0.2, 0.25) is 0 Å². The van der Waals surface area contributed by atoms with E-state index in [0.29, 0.717) is 6.79 Å². The second-order valence-corrected chi connectivity index (χ2v) is 7.90. The van der Waals surface area contributed by atoms with Crippen molar-refractivity contribution in [3.8, 4) is 0 Å². The summed E-state index contributed by atoms with van der Waals surface area (Å²) in [6, 6.07) is 2.53. The highest BCUT2D eigenvalue weighted by Gasteiger charge is 2.16. The van der Waals surface area contributed by atoms with E-state index in [9.17, 15) is 0 Å². The van der Waals surface area contributed by atoms with Crippen molar-refractivity contribution in [2.45, 2.75) is 59.7 Å². The molecule has 0 rings (SSSR count). The van der Waals surface area contributed by atoms with Gasteiger partial charge < -0.3 is 9.16 Å². The van der Waals surface area contributed by atoms with Gasteiger partial charge in [-0.3, -0.25) is 0 Å². The van der Waals surface area contributed by atoms with Crippen molar-refractivity contribution < 1.29 is 9.16 Å². The zero-order valence-electron chi connectivity index (χ0n) is 11.2. The third-order valence-corrected chi connectivity index (χ3v) is 5.72. The molecule has 0 heterocycles. The maximum Gasteiger partial charge on any atom is 0.180 e. The summed E-state index contributed by atoms with van der Waals surface area (Å²) in [5.74, 6) is 1.50. The average molecular weight is 232 g/mol. The minimum atomic E-state index is -1.03. The van der Waals surface area contributed by atoms with Gasteiger partial charge in [0.1, 0.15) is 6.79 Å². The molecule has 0 aliphatic rings. The molecule has 0 saturated carbocycles. The Hall–Kier alpha value is 0.137. The lowest BCUT2D eigenvalue weighted by atomic mass is 10.3. The molecule has 0 spiro atoms. The maximum absolute atomic E-state index is 5.89. The number of ether oxygens (including phenoxy) is 1. The van der Waals surface area contributed by atoms with Crippen LogP contribution in [0, 0.1) is 11.8 Å². The summed E-state index contributed by atoms with van der Waals surface area (Å²) in [4.78, 5) is 0. The predicted molar refractivity (Wildman–Crippen MR) is 68.6 cm³/mol. The Morgan fingerprint density at radius 1 is 0.867 bits per heavy atom. The van der Waals surface area contributed by atoms with E-state index in [-0.39, 0.29) is 6.10 Å². The van der Waals surface area contributed by atoms with Crippen molar-refractivity contribution in [2.24, 2.45) is 11.8 Å². The monoisotopic (exact) mass is 232 g/mol. The molecule has 0 fully saturated rings. The molecule has 0 atom stereocenters. The molecule has 0 N–H and O–H groups in total. The largest absolute Gasteiger partial charge is 0.398 e. The highest BCUT2D eigenvalue weighted by atomic mass is 28.3. The standard InChI is InChI=1S/C12H28O2Si/c1-10(2)7-15(8-11(3)4)14-9-13-12(5)6/h10-12,15H,7-9H2,1-6H3. The van der Waals surface area contributed by atoms with Gasteiger partial charge in [-0.2, -0.15) is 0 Å². The predicted octanol–water partition coefficient (Wildman–Crippen LogP) is 3.42. The van der Waals surface area contributed by atoms with Crippen LogP contribution in [0.15, 0.2) is 0 Å². The molecule has 92 valence electrons. The van der Waals surface area contributed by atoms with Crippen LogP contribution in [0.25, 0.3) is 0 Å². The van der Waals surface area contributed by atoms with E-state index in [0.717, 1.165) is 11.8 Å². The second-order valence-electron chi connectivity index (χ2n) is 5.38. The van der Waals surface area contributed by atoms with Gasteiger partial charge >= 0.3 is 0 Å². The van der Waals surface area contributed by atoms with E-state index in [4.69, 9.17) is 9.16 Å². The maximum atomic E-state index is 5.89. The smallest absolute Gasteiger partial charge is 0.180 e. The highest BCUT2D eigenvalue weighted by Crippen LogP contribution is 2.15. The lowest BCUT2D eigenvalue weighted by molar-refractivity contribution is -0.0227. The minimum absolute atomic E-state index is 0.276. The molecule has 0 aromatic rings. The molecule has 0 aromatic carbocycles. The van der Waals surface area contributed by atoms with Gasteiger partial charge in [-0.15, -0.1) is 0 Å². The molecule has 3 heteroatoms. The molecule has 0 aromatic heterocycles. The van der Waals surface area contributed by atoms with Crippen molar-refractivity contribution in [2.75, 3.05) is 6.79 Å². The summed E-state index contributed by atoms with van der Waals surface area (Å²) in [6.07, 6.45) is 0.276. The number of hydrogen-bond acceptors (Lipinski definition) is 2. The Balaban J connectivity index is 3.79. The molecule has 2 nitrogen and oxygen atoms in total. The van der Waals surface area contributed by atoms with Crippen LogP contribution in [-0.4, -0.2) is 21.9 Å². The van der Waals surface area contributed by atoms with E-state index in [1.807, 2.05) is 13.8 Å². The Morgan fingerprint density at radius 3 is 1.67 bits per heavy atom. The van der Waals surface area contributed by atoms with Crippen molar-refractivity contribution in [3.63, 3.8) is 0 Å². The summed E-state index contributed by atoms with van der Waals surface area (Å²) >= 11 is 0. The Bertz CT molecular complexity index is 137. The minimum Gasteiger partial charge on any atom is -0.398 e. The normalized spacial score (nSPS) is 12.4. The third-order valence-electron chi connectivity index (χ3n) is 2.17. The summed E-state index contributed by atoms with van der Waals surface area (Å²) < 4.78 is 11.3. The van der Waals surface area contributed by atoms with Crippen LogP contribution in [-0.2, 0) is 9.16 Å². The van der Waals surface area contributed by atoms with Crippen molar-refractivity contribution >= 4 is 9.04 Å². The first-order valence-corrected chi connectivity index (χ1v) is 8.25. The van der Waals surface area contributed by atoms with Gasteiger partial charge in [-0.05, 0) is 37.8 Å². The quantitative estimate of drug-likeness (QED) is 0.471. The lowest BCUT2D eigenvalue weighted by Crippen LogP contribution is -2.24. The van der Waals surface area contributed by atoms with E-state index in [2.05, 4.69) is 27.7 Å². The van der Waals surface area contributed by atoms with Crippen molar-refractivity contribution in [3.05, 3.63) is 0 Å². The molecule has 15 heavy (non-hydrogen) atoms. The van der Waals surface area contributed by atoms with Crippen molar-refractivity contribution in [1.29, 1.82) is 0 Å². The SMILES string of the molecule is CC(C)C[SiH](CC(C)C)OCOC(C)C. The molecule has 0 bridgehead atoms. The van der Waals surface area contributed by atoms with Crippen LogP contribution in [0.1, 0.15) is 41.5 Å². The molecule has 0 unspecified atom stereocenters. The van der Waals surface area contributed by atoms with Gasteiger partial charge in [0, 0.05) is 0 Å². The molecular formula is C12H28O2Si. The van der Waals surface area contributed by atoms with Crippen LogP contribution in [0.2, 0.25) is 12.1 Å². The third kappa shape index (κ3) is 10.4. The Labute approximate surface area is 97.1 Å². The zero-order valence-corrected chi connectivity index (χ0v) is 12.4. The summed E-state index contributed by atoms with van der Waals surface area (Å²) in [6.45, 7) is 13.7. The zero-order chi connectivity index (χ0) is 11.8. The van der Waals surface area contributed by atoms with Gasteiger partial charge in [0.05, 0.1) is 6.10 Å². The van der Waals surface area contributed by atoms with Crippen LogP contribution in [0.4, 0.5) is 0 Å². The highest BCUT2D eigenvalue weighted by molar-refractivity contribution is 6.51. The summed E-state index contributed by atoms with van der Waals surface area (Å²) in [7, 11) is -1.03. The van der Waals surface area contributed by atoms with Crippen LogP contribution in [0.3, 0.4) is 0 Å².